The monoisotopic (exact) mass is 199 g/mol. The molecule has 0 radical (unpaired) electrons. The van der Waals surface area contributed by atoms with Crippen LogP contribution in [0, 0.1) is 0 Å². The lowest BCUT2D eigenvalue weighted by Gasteiger charge is -2.03. The number of nitrogens with zero attached hydrogens (tertiary/aromatic N) is 3. The molecule has 4 heteroatoms. The van der Waals surface area contributed by atoms with Gasteiger partial charge < -0.3 is 4.90 Å². The molecular formula is C9H14ClN3. The zero-order valence-corrected chi connectivity index (χ0v) is 8.97. The zero-order valence-electron chi connectivity index (χ0n) is 8.21. The summed E-state index contributed by atoms with van der Waals surface area (Å²) in [6.45, 7) is 2.10. The van der Waals surface area contributed by atoms with Gasteiger partial charge in [0.1, 0.15) is 11.5 Å². The van der Waals surface area contributed by atoms with Crippen molar-refractivity contribution < 1.29 is 0 Å². The highest BCUT2D eigenvalue weighted by atomic mass is 35.5. The number of rotatable bonds is 3. The first-order valence-electron chi connectivity index (χ1n) is 4.34. The Labute approximate surface area is 83.8 Å². The molecule has 3 nitrogen and oxygen atoms in total. The lowest BCUT2D eigenvalue weighted by molar-refractivity contribution is 0.560. The topological polar surface area (TPSA) is 28.0 Å². The number of hydrogen-bond acceptors (Lipinski definition) is 3. The maximum Gasteiger partial charge on any atom is 0.158 e. The van der Waals surface area contributed by atoms with Crippen LogP contribution < -0.4 is 0 Å². The molecule has 0 aromatic heterocycles. The van der Waals surface area contributed by atoms with Crippen molar-refractivity contribution in [1.29, 1.82) is 0 Å². The molecule has 1 rings (SSSR count). The van der Waals surface area contributed by atoms with Crippen LogP contribution in [0.3, 0.4) is 0 Å². The molecular weight excluding hydrogens is 186 g/mol. The van der Waals surface area contributed by atoms with Gasteiger partial charge in [0.25, 0.3) is 0 Å². The van der Waals surface area contributed by atoms with Gasteiger partial charge in [-0.1, -0.05) is 18.5 Å². The zero-order chi connectivity index (χ0) is 9.84. The van der Waals surface area contributed by atoms with Gasteiger partial charge in [-0.05, 0) is 6.42 Å². The number of hydrogen-bond donors (Lipinski definition) is 0. The molecule has 0 unspecified atom stereocenters. The van der Waals surface area contributed by atoms with Crippen LogP contribution in [-0.2, 0) is 0 Å². The third-order valence-corrected chi connectivity index (χ3v) is 1.82. The Hall–Kier alpha value is -0.830. The summed E-state index contributed by atoms with van der Waals surface area (Å²) >= 11 is 5.89. The Kier molecular flexibility index (Phi) is 3.48. The van der Waals surface area contributed by atoms with Gasteiger partial charge in [-0.3, -0.25) is 0 Å². The molecule has 0 aromatic rings. The Morgan fingerprint density at radius 3 is 2.62 bits per heavy atom. The van der Waals surface area contributed by atoms with E-state index in [2.05, 4.69) is 16.9 Å². The average Bonchev–Trinajstić information content (AvgIpc) is 2.31. The van der Waals surface area contributed by atoms with Gasteiger partial charge in [0.15, 0.2) is 5.17 Å². The minimum atomic E-state index is 0.497. The number of aliphatic imine (C=N–C) groups is 2. The molecule has 72 valence electrons. The third-order valence-electron chi connectivity index (χ3n) is 1.54. The summed E-state index contributed by atoms with van der Waals surface area (Å²) in [5.41, 5.74) is 0.759. The minimum Gasteiger partial charge on any atom is -0.382 e. The summed E-state index contributed by atoms with van der Waals surface area (Å²) in [5, 5.41) is 0.497. The lowest BCUT2D eigenvalue weighted by atomic mass is 10.3. The van der Waals surface area contributed by atoms with Crippen molar-refractivity contribution in [3.05, 3.63) is 11.9 Å². The SMILES string of the molecule is CCCC1=N/C(=C\N(C)C)C(Cl)=N1. The maximum absolute atomic E-state index is 5.89. The highest BCUT2D eigenvalue weighted by Gasteiger charge is 2.13. The second-order valence-corrected chi connectivity index (χ2v) is 3.52. The van der Waals surface area contributed by atoms with E-state index < -0.39 is 0 Å². The highest BCUT2D eigenvalue weighted by molar-refractivity contribution is 6.71. The van der Waals surface area contributed by atoms with Gasteiger partial charge in [0.05, 0.1) is 0 Å². The quantitative estimate of drug-likeness (QED) is 0.685. The van der Waals surface area contributed by atoms with E-state index >= 15 is 0 Å². The van der Waals surface area contributed by atoms with Crippen LogP contribution in [0.5, 0.6) is 0 Å². The molecule has 0 N–H and O–H groups in total. The highest BCUT2D eigenvalue weighted by Crippen LogP contribution is 2.15. The first kappa shape index (κ1) is 10.3. The summed E-state index contributed by atoms with van der Waals surface area (Å²) in [4.78, 5) is 10.4. The van der Waals surface area contributed by atoms with E-state index in [0.717, 1.165) is 24.4 Å². The van der Waals surface area contributed by atoms with Crippen molar-refractivity contribution in [1.82, 2.24) is 4.90 Å². The van der Waals surface area contributed by atoms with Gasteiger partial charge in [-0.25, -0.2) is 9.98 Å². The standard InChI is InChI=1S/C9H14ClN3/c1-4-5-8-11-7(6-13(2)3)9(10)12-8/h6H,4-5H2,1-3H3/b7-6-. The van der Waals surface area contributed by atoms with Gasteiger partial charge in [-0.15, -0.1) is 0 Å². The Bertz CT molecular complexity index is 277. The number of allylic oxidation sites excluding steroid dienone is 1. The van der Waals surface area contributed by atoms with Gasteiger partial charge in [0.2, 0.25) is 0 Å². The molecule has 13 heavy (non-hydrogen) atoms. The van der Waals surface area contributed by atoms with Gasteiger partial charge in [-0.2, -0.15) is 0 Å². The molecule has 1 aliphatic rings. The van der Waals surface area contributed by atoms with E-state index in [1.807, 2.05) is 25.2 Å². The lowest BCUT2D eigenvalue weighted by Crippen LogP contribution is -2.03. The van der Waals surface area contributed by atoms with Crippen molar-refractivity contribution in [2.75, 3.05) is 14.1 Å². The first-order chi connectivity index (χ1) is 6.13. The van der Waals surface area contributed by atoms with E-state index in [1.165, 1.54) is 0 Å². The van der Waals surface area contributed by atoms with Crippen LogP contribution in [0.1, 0.15) is 19.8 Å². The fourth-order valence-electron chi connectivity index (χ4n) is 1.04. The van der Waals surface area contributed by atoms with Crippen molar-refractivity contribution >= 4 is 22.6 Å². The van der Waals surface area contributed by atoms with Crippen molar-refractivity contribution in [3.63, 3.8) is 0 Å². The normalized spacial score (nSPS) is 18.9. The van der Waals surface area contributed by atoms with Crippen LogP contribution in [-0.4, -0.2) is 30.0 Å². The second-order valence-electron chi connectivity index (χ2n) is 3.16. The predicted octanol–water partition coefficient (Wildman–Crippen LogP) is 2.24. The van der Waals surface area contributed by atoms with Gasteiger partial charge in [0, 0.05) is 26.7 Å². The molecule has 0 aliphatic carbocycles. The molecule has 0 saturated carbocycles. The summed E-state index contributed by atoms with van der Waals surface area (Å²) < 4.78 is 0. The average molecular weight is 200 g/mol. The molecule has 0 saturated heterocycles. The van der Waals surface area contributed by atoms with E-state index in [-0.39, 0.29) is 0 Å². The van der Waals surface area contributed by atoms with Crippen LogP contribution in [0.25, 0.3) is 0 Å². The largest absolute Gasteiger partial charge is 0.382 e. The van der Waals surface area contributed by atoms with Crippen molar-refractivity contribution in [2.24, 2.45) is 9.98 Å². The molecule has 0 fully saturated rings. The fraction of sp³-hybridized carbons (Fsp3) is 0.556. The Morgan fingerprint density at radius 1 is 1.38 bits per heavy atom. The van der Waals surface area contributed by atoms with Crippen LogP contribution in [0.2, 0.25) is 0 Å². The Morgan fingerprint density at radius 2 is 2.08 bits per heavy atom. The van der Waals surface area contributed by atoms with Crippen LogP contribution in [0.15, 0.2) is 21.9 Å². The van der Waals surface area contributed by atoms with E-state index in [0.29, 0.717) is 5.17 Å². The van der Waals surface area contributed by atoms with Crippen molar-refractivity contribution in [2.45, 2.75) is 19.8 Å². The summed E-state index contributed by atoms with van der Waals surface area (Å²) in [7, 11) is 3.87. The maximum atomic E-state index is 5.89. The smallest absolute Gasteiger partial charge is 0.158 e. The summed E-state index contributed by atoms with van der Waals surface area (Å²) in [6, 6.07) is 0. The van der Waals surface area contributed by atoms with Crippen molar-refractivity contribution in [3.8, 4) is 0 Å². The van der Waals surface area contributed by atoms with Crippen LogP contribution >= 0.6 is 11.6 Å². The Balaban J connectivity index is 2.76. The molecule has 0 amide bonds. The van der Waals surface area contributed by atoms with E-state index in [1.54, 1.807) is 0 Å². The first-order valence-corrected chi connectivity index (χ1v) is 4.71. The number of halogens is 1. The third kappa shape index (κ3) is 2.84. The van der Waals surface area contributed by atoms with Crippen LogP contribution in [0.4, 0.5) is 0 Å². The van der Waals surface area contributed by atoms with E-state index in [9.17, 15) is 0 Å². The van der Waals surface area contributed by atoms with E-state index in [4.69, 9.17) is 11.6 Å². The molecule has 0 atom stereocenters. The molecule has 0 aromatic carbocycles. The van der Waals surface area contributed by atoms with Gasteiger partial charge >= 0.3 is 0 Å². The molecule has 1 aliphatic heterocycles. The summed E-state index contributed by atoms with van der Waals surface area (Å²) in [5.74, 6) is 0.834. The number of amidine groups is 1. The summed E-state index contributed by atoms with van der Waals surface area (Å²) in [6.07, 6.45) is 3.80. The predicted molar refractivity (Wildman–Crippen MR) is 57.4 cm³/mol. The molecule has 1 heterocycles. The molecule has 0 spiro atoms. The fourth-order valence-corrected chi connectivity index (χ4v) is 1.23. The molecule has 0 bridgehead atoms. The second kappa shape index (κ2) is 4.42. The minimum absolute atomic E-state index is 0.497.